The Morgan fingerprint density at radius 2 is 2.10 bits per heavy atom. The van der Waals surface area contributed by atoms with E-state index in [-0.39, 0.29) is 5.69 Å². The Labute approximate surface area is 141 Å². The highest BCUT2D eigenvalue weighted by molar-refractivity contribution is 9.11. The molecule has 0 amide bonds. The molecule has 1 aromatic heterocycles. The lowest BCUT2D eigenvalue weighted by Gasteiger charge is -2.20. The SMILES string of the molecule is COC(=O)c1nc(Br)sc1-c1cc(Br)c2c(c1)OCCO2. The van der Waals surface area contributed by atoms with Crippen LogP contribution in [0.5, 0.6) is 11.5 Å². The predicted molar refractivity (Wildman–Crippen MR) is 85.3 cm³/mol. The molecule has 0 saturated carbocycles. The lowest BCUT2D eigenvalue weighted by Crippen LogP contribution is -2.15. The van der Waals surface area contributed by atoms with Crippen LogP contribution in [0.25, 0.3) is 10.4 Å². The first-order chi connectivity index (χ1) is 10.1. The van der Waals surface area contributed by atoms with Gasteiger partial charge in [0.1, 0.15) is 13.2 Å². The summed E-state index contributed by atoms with van der Waals surface area (Å²) in [5, 5.41) is 0. The molecule has 0 bridgehead atoms. The van der Waals surface area contributed by atoms with Gasteiger partial charge < -0.3 is 14.2 Å². The Balaban J connectivity index is 2.13. The number of nitrogens with zero attached hydrogens (tertiary/aromatic N) is 1. The zero-order chi connectivity index (χ0) is 15.0. The van der Waals surface area contributed by atoms with E-state index in [9.17, 15) is 4.79 Å². The van der Waals surface area contributed by atoms with Gasteiger partial charge in [-0.15, -0.1) is 11.3 Å². The molecular formula is C13H9Br2NO4S. The van der Waals surface area contributed by atoms with Crippen molar-refractivity contribution < 1.29 is 19.0 Å². The summed E-state index contributed by atoms with van der Waals surface area (Å²) < 4.78 is 17.3. The van der Waals surface area contributed by atoms with Crippen molar-refractivity contribution in [3.63, 3.8) is 0 Å². The standard InChI is InChI=1S/C13H9Br2NO4S/c1-18-12(17)9-11(21-13(15)16-9)6-4-7(14)10-8(5-6)19-2-3-20-10/h4-5H,2-3H2,1H3. The molecule has 0 saturated heterocycles. The molecule has 5 nitrogen and oxygen atoms in total. The number of methoxy groups -OCH3 is 1. The van der Waals surface area contributed by atoms with E-state index in [1.54, 1.807) is 0 Å². The van der Waals surface area contributed by atoms with Gasteiger partial charge in [0.25, 0.3) is 0 Å². The number of carbonyl (C=O) groups is 1. The molecule has 0 atom stereocenters. The molecule has 3 rings (SSSR count). The Morgan fingerprint density at radius 1 is 1.33 bits per heavy atom. The Morgan fingerprint density at radius 3 is 2.86 bits per heavy atom. The van der Waals surface area contributed by atoms with Gasteiger partial charge in [-0.3, -0.25) is 0 Å². The first-order valence-electron chi connectivity index (χ1n) is 5.94. The predicted octanol–water partition coefficient (Wildman–Crippen LogP) is 3.89. The summed E-state index contributed by atoms with van der Waals surface area (Å²) in [4.78, 5) is 16.7. The van der Waals surface area contributed by atoms with E-state index >= 15 is 0 Å². The van der Waals surface area contributed by atoms with Crippen molar-refractivity contribution in [2.75, 3.05) is 20.3 Å². The van der Waals surface area contributed by atoms with Crippen LogP contribution in [0.3, 0.4) is 0 Å². The summed E-state index contributed by atoms with van der Waals surface area (Å²) in [5.74, 6) is 0.845. The van der Waals surface area contributed by atoms with Crippen molar-refractivity contribution in [2.45, 2.75) is 0 Å². The summed E-state index contributed by atoms with van der Waals surface area (Å²) in [6.07, 6.45) is 0. The van der Waals surface area contributed by atoms with Crippen molar-refractivity contribution in [1.82, 2.24) is 4.98 Å². The van der Waals surface area contributed by atoms with E-state index in [2.05, 4.69) is 36.8 Å². The number of fused-ring (bicyclic) bond motifs is 1. The minimum absolute atomic E-state index is 0.276. The van der Waals surface area contributed by atoms with Crippen LogP contribution in [0.1, 0.15) is 10.5 Å². The third-order valence-electron chi connectivity index (χ3n) is 2.84. The Bertz CT molecular complexity index is 716. The summed E-state index contributed by atoms with van der Waals surface area (Å²) >= 11 is 8.13. The molecule has 21 heavy (non-hydrogen) atoms. The van der Waals surface area contributed by atoms with E-state index in [0.29, 0.717) is 33.5 Å². The monoisotopic (exact) mass is 433 g/mol. The molecule has 2 heterocycles. The number of aromatic nitrogens is 1. The van der Waals surface area contributed by atoms with E-state index in [0.717, 1.165) is 10.0 Å². The van der Waals surface area contributed by atoms with Gasteiger partial charge in [0.2, 0.25) is 0 Å². The van der Waals surface area contributed by atoms with Gasteiger partial charge in [-0.05, 0) is 49.6 Å². The van der Waals surface area contributed by atoms with Gasteiger partial charge >= 0.3 is 5.97 Å². The van der Waals surface area contributed by atoms with Crippen LogP contribution in [-0.2, 0) is 4.74 Å². The maximum absolute atomic E-state index is 11.8. The van der Waals surface area contributed by atoms with Crippen LogP contribution in [0.2, 0.25) is 0 Å². The summed E-state index contributed by atoms with van der Waals surface area (Å²) in [6.45, 7) is 1.02. The van der Waals surface area contributed by atoms with E-state index in [4.69, 9.17) is 14.2 Å². The Kier molecular flexibility index (Phi) is 4.19. The number of halogens is 2. The van der Waals surface area contributed by atoms with Crippen LogP contribution < -0.4 is 9.47 Å². The zero-order valence-corrected chi connectivity index (χ0v) is 14.8. The molecule has 1 aliphatic rings. The van der Waals surface area contributed by atoms with Crippen LogP contribution in [0.15, 0.2) is 20.5 Å². The molecule has 1 aromatic carbocycles. The van der Waals surface area contributed by atoms with Crippen LogP contribution >= 0.6 is 43.2 Å². The molecule has 8 heteroatoms. The molecule has 0 unspecified atom stereocenters. The second-order valence-electron chi connectivity index (χ2n) is 4.12. The second kappa shape index (κ2) is 5.94. The van der Waals surface area contributed by atoms with Gasteiger partial charge in [-0.25, -0.2) is 9.78 Å². The Hall–Kier alpha value is -1.12. The highest BCUT2D eigenvalue weighted by Crippen LogP contribution is 2.43. The lowest BCUT2D eigenvalue weighted by molar-refractivity contribution is 0.0595. The minimum atomic E-state index is -0.474. The smallest absolute Gasteiger partial charge is 0.358 e. The third-order valence-corrected chi connectivity index (χ3v) is 4.98. The minimum Gasteiger partial charge on any atom is -0.486 e. The van der Waals surface area contributed by atoms with Crippen molar-refractivity contribution in [3.8, 4) is 21.9 Å². The highest BCUT2D eigenvalue weighted by Gasteiger charge is 2.23. The molecule has 0 N–H and O–H groups in total. The van der Waals surface area contributed by atoms with E-state index in [1.807, 2.05) is 12.1 Å². The maximum Gasteiger partial charge on any atom is 0.358 e. The maximum atomic E-state index is 11.8. The van der Waals surface area contributed by atoms with Gasteiger partial charge in [-0.1, -0.05) is 0 Å². The molecular weight excluding hydrogens is 426 g/mol. The van der Waals surface area contributed by atoms with Gasteiger partial charge in [-0.2, -0.15) is 0 Å². The second-order valence-corrected chi connectivity index (χ2v) is 7.25. The topological polar surface area (TPSA) is 57.7 Å². The molecule has 0 radical (unpaired) electrons. The van der Waals surface area contributed by atoms with Crippen LogP contribution in [0, 0.1) is 0 Å². The number of ether oxygens (including phenoxy) is 3. The van der Waals surface area contributed by atoms with E-state index < -0.39 is 5.97 Å². The molecule has 0 spiro atoms. The van der Waals surface area contributed by atoms with Crippen LogP contribution in [-0.4, -0.2) is 31.3 Å². The number of carbonyl (C=O) groups excluding carboxylic acids is 1. The lowest BCUT2D eigenvalue weighted by atomic mass is 10.1. The van der Waals surface area contributed by atoms with Crippen molar-refractivity contribution in [2.24, 2.45) is 0 Å². The molecule has 0 fully saturated rings. The zero-order valence-electron chi connectivity index (χ0n) is 10.8. The van der Waals surface area contributed by atoms with Crippen molar-refractivity contribution in [3.05, 3.63) is 26.2 Å². The molecule has 110 valence electrons. The average molecular weight is 435 g/mol. The fourth-order valence-electron chi connectivity index (χ4n) is 1.97. The van der Waals surface area contributed by atoms with Crippen molar-refractivity contribution in [1.29, 1.82) is 0 Å². The first-order valence-corrected chi connectivity index (χ1v) is 8.34. The van der Waals surface area contributed by atoms with Gasteiger partial charge in [0, 0.05) is 0 Å². The first kappa shape index (κ1) is 14.8. The highest BCUT2D eigenvalue weighted by atomic mass is 79.9. The molecule has 2 aromatic rings. The quantitative estimate of drug-likeness (QED) is 0.671. The van der Waals surface area contributed by atoms with Crippen molar-refractivity contribution >= 4 is 49.2 Å². The number of benzene rings is 1. The van der Waals surface area contributed by atoms with Gasteiger partial charge in [0.15, 0.2) is 21.1 Å². The largest absolute Gasteiger partial charge is 0.486 e. The number of hydrogen-bond donors (Lipinski definition) is 0. The number of thiazole rings is 1. The van der Waals surface area contributed by atoms with Gasteiger partial charge in [0.05, 0.1) is 16.5 Å². The fraction of sp³-hybridized carbons (Fsp3) is 0.231. The number of esters is 1. The average Bonchev–Trinajstić information content (AvgIpc) is 2.88. The summed E-state index contributed by atoms with van der Waals surface area (Å²) in [7, 11) is 1.33. The van der Waals surface area contributed by atoms with E-state index in [1.165, 1.54) is 18.4 Å². The number of rotatable bonds is 2. The molecule has 0 aliphatic carbocycles. The molecule has 1 aliphatic heterocycles. The normalized spacial score (nSPS) is 13.1. The van der Waals surface area contributed by atoms with Crippen LogP contribution in [0.4, 0.5) is 0 Å². The number of hydrogen-bond acceptors (Lipinski definition) is 6. The fourth-order valence-corrected chi connectivity index (χ4v) is 3.95. The third kappa shape index (κ3) is 2.79. The summed E-state index contributed by atoms with van der Waals surface area (Å²) in [5.41, 5.74) is 1.09. The summed E-state index contributed by atoms with van der Waals surface area (Å²) in [6, 6.07) is 3.71.